The maximum atomic E-state index is 13.5. The second-order valence-electron chi connectivity index (χ2n) is 8.31. The van der Waals surface area contributed by atoms with Gasteiger partial charge in [0.1, 0.15) is 12.6 Å². The maximum absolute atomic E-state index is 13.5. The first-order chi connectivity index (χ1) is 15.7. The molecule has 0 saturated heterocycles. The molecule has 2 rings (SSSR count). The van der Waals surface area contributed by atoms with Crippen LogP contribution in [0, 0.1) is 6.92 Å². The van der Waals surface area contributed by atoms with E-state index in [9.17, 15) is 18.0 Å². The molecule has 0 aliphatic carbocycles. The van der Waals surface area contributed by atoms with Crippen molar-refractivity contribution in [3.8, 4) is 0 Å². The van der Waals surface area contributed by atoms with Crippen molar-refractivity contribution in [3.63, 3.8) is 0 Å². The summed E-state index contributed by atoms with van der Waals surface area (Å²) in [6.45, 7) is 6.43. The molecule has 0 spiro atoms. The summed E-state index contributed by atoms with van der Waals surface area (Å²) in [6.07, 6.45) is 1.01. The van der Waals surface area contributed by atoms with Crippen LogP contribution in [0.25, 0.3) is 0 Å². The van der Waals surface area contributed by atoms with Gasteiger partial charge in [-0.3, -0.25) is 13.9 Å². The number of hydrogen-bond donors (Lipinski definition) is 1. The van der Waals surface area contributed by atoms with E-state index in [0.29, 0.717) is 26.2 Å². The quantitative estimate of drug-likeness (QED) is 0.494. The smallest absolute Gasteiger partial charge is 0.244 e. The normalized spacial score (nSPS) is 12.4. The molecular weight excluding hydrogens is 521 g/mol. The van der Waals surface area contributed by atoms with Crippen LogP contribution in [-0.4, -0.2) is 50.0 Å². The van der Waals surface area contributed by atoms with Gasteiger partial charge < -0.3 is 10.2 Å². The third kappa shape index (κ3) is 7.50. The minimum Gasteiger partial charge on any atom is -0.352 e. The van der Waals surface area contributed by atoms with Crippen LogP contribution in [0.15, 0.2) is 36.4 Å². The lowest BCUT2D eigenvalue weighted by atomic mass is 10.1. The van der Waals surface area contributed by atoms with Crippen molar-refractivity contribution in [1.29, 1.82) is 0 Å². The topological polar surface area (TPSA) is 86.8 Å². The summed E-state index contributed by atoms with van der Waals surface area (Å²) in [4.78, 5) is 27.6. The van der Waals surface area contributed by atoms with Gasteiger partial charge in [0.2, 0.25) is 21.8 Å². The molecule has 0 fully saturated rings. The molecule has 0 heterocycles. The number of anilines is 1. The zero-order valence-corrected chi connectivity index (χ0v) is 22.7. The monoisotopic (exact) mass is 547 g/mol. The molecule has 1 atom stereocenters. The summed E-state index contributed by atoms with van der Waals surface area (Å²) >= 11 is 18.2. The third-order valence-corrected chi connectivity index (χ3v) is 7.15. The van der Waals surface area contributed by atoms with Crippen molar-refractivity contribution in [2.75, 3.05) is 17.1 Å². The number of carbonyl (C=O) groups is 2. The highest BCUT2D eigenvalue weighted by Crippen LogP contribution is 2.27. The highest BCUT2D eigenvalue weighted by molar-refractivity contribution is 7.92. The molecule has 0 aliphatic heterocycles. The van der Waals surface area contributed by atoms with Gasteiger partial charge in [0, 0.05) is 17.6 Å². The summed E-state index contributed by atoms with van der Waals surface area (Å²) in [6, 6.07) is 8.67. The largest absolute Gasteiger partial charge is 0.352 e. The van der Waals surface area contributed by atoms with Gasteiger partial charge in [0.15, 0.2) is 0 Å². The van der Waals surface area contributed by atoms with E-state index in [0.717, 1.165) is 10.6 Å². The van der Waals surface area contributed by atoms with Gasteiger partial charge in [0.25, 0.3) is 0 Å². The fraction of sp³-hybridized carbons (Fsp3) is 0.391. The van der Waals surface area contributed by atoms with E-state index in [1.54, 1.807) is 44.2 Å². The number of rotatable bonds is 9. The van der Waals surface area contributed by atoms with Crippen LogP contribution >= 0.6 is 34.8 Å². The molecule has 0 bridgehead atoms. The first kappa shape index (κ1) is 28.2. The summed E-state index contributed by atoms with van der Waals surface area (Å²) in [5.41, 5.74) is 1.55. The lowest BCUT2D eigenvalue weighted by Gasteiger charge is -2.32. The molecule has 1 N–H and O–H groups in total. The van der Waals surface area contributed by atoms with E-state index in [2.05, 4.69) is 5.32 Å². The van der Waals surface area contributed by atoms with Crippen molar-refractivity contribution >= 4 is 62.3 Å². The number of benzene rings is 2. The molecule has 0 aromatic heterocycles. The van der Waals surface area contributed by atoms with Crippen LogP contribution < -0.4 is 9.62 Å². The molecular formula is C23H28Cl3N3O4S. The molecule has 2 amide bonds. The Balaban J connectivity index is 2.46. The van der Waals surface area contributed by atoms with Crippen LogP contribution in [0.5, 0.6) is 0 Å². The molecule has 0 aliphatic rings. The standard InChI is InChI=1S/C23H28Cl3N3O4S/c1-14(2)27-23(31)16(4)28(12-17-7-9-19(25)20(26)10-17)22(30)13-29(34(5,32)33)21-11-18(24)8-6-15(21)3/h6-11,14,16H,12-13H2,1-5H3,(H,27,31)/t16-/m0/s1. The summed E-state index contributed by atoms with van der Waals surface area (Å²) < 4.78 is 26.3. The van der Waals surface area contributed by atoms with Crippen LogP contribution in [0.1, 0.15) is 31.9 Å². The Hall–Kier alpha value is -2.00. The molecule has 0 radical (unpaired) electrons. The lowest BCUT2D eigenvalue weighted by molar-refractivity contribution is -0.139. The number of aryl methyl sites for hydroxylation is 1. The number of carbonyl (C=O) groups excluding carboxylic acids is 2. The van der Waals surface area contributed by atoms with Crippen LogP contribution in [-0.2, 0) is 26.2 Å². The van der Waals surface area contributed by atoms with Gasteiger partial charge in [-0.05, 0) is 63.1 Å². The summed E-state index contributed by atoms with van der Waals surface area (Å²) in [5.74, 6) is -0.935. The summed E-state index contributed by atoms with van der Waals surface area (Å²) in [5, 5.41) is 3.78. The van der Waals surface area contributed by atoms with E-state index < -0.39 is 28.5 Å². The van der Waals surface area contributed by atoms with Crippen molar-refractivity contribution in [3.05, 3.63) is 62.6 Å². The molecule has 11 heteroatoms. The number of hydrogen-bond acceptors (Lipinski definition) is 4. The van der Waals surface area contributed by atoms with Gasteiger partial charge in [-0.2, -0.15) is 0 Å². The van der Waals surface area contributed by atoms with Gasteiger partial charge in [-0.15, -0.1) is 0 Å². The van der Waals surface area contributed by atoms with Crippen LogP contribution in [0.3, 0.4) is 0 Å². The third-order valence-electron chi connectivity index (χ3n) is 5.05. The lowest BCUT2D eigenvalue weighted by Crippen LogP contribution is -2.52. The van der Waals surface area contributed by atoms with Crippen molar-refractivity contribution < 1.29 is 18.0 Å². The molecule has 0 unspecified atom stereocenters. The number of nitrogens with one attached hydrogen (secondary N) is 1. The average Bonchev–Trinajstić information content (AvgIpc) is 2.72. The Labute approximate surface area is 216 Å². The average molecular weight is 549 g/mol. The molecule has 34 heavy (non-hydrogen) atoms. The zero-order valence-electron chi connectivity index (χ0n) is 19.6. The van der Waals surface area contributed by atoms with Crippen LogP contribution in [0.2, 0.25) is 15.1 Å². The number of nitrogens with zero attached hydrogens (tertiary/aromatic N) is 2. The highest BCUT2D eigenvalue weighted by Gasteiger charge is 2.31. The fourth-order valence-corrected chi connectivity index (χ4v) is 4.65. The Morgan fingerprint density at radius 1 is 1.00 bits per heavy atom. The predicted octanol–water partition coefficient (Wildman–Crippen LogP) is 4.66. The van der Waals surface area contributed by atoms with Gasteiger partial charge in [0.05, 0.1) is 22.0 Å². The van der Waals surface area contributed by atoms with E-state index in [-0.39, 0.29) is 24.2 Å². The fourth-order valence-electron chi connectivity index (χ4n) is 3.27. The van der Waals surface area contributed by atoms with Crippen LogP contribution in [0.4, 0.5) is 5.69 Å². The molecule has 0 saturated carbocycles. The number of sulfonamides is 1. The first-order valence-corrected chi connectivity index (χ1v) is 13.5. The Kier molecular flexibility index (Phi) is 9.65. The zero-order chi connectivity index (χ0) is 25.8. The number of amides is 2. The van der Waals surface area contributed by atoms with Gasteiger partial charge in [-0.1, -0.05) is 46.9 Å². The SMILES string of the molecule is Cc1ccc(Cl)cc1N(CC(=O)N(Cc1ccc(Cl)c(Cl)c1)[C@@H](C)C(=O)NC(C)C)S(C)(=O)=O. The number of halogens is 3. The predicted molar refractivity (Wildman–Crippen MR) is 138 cm³/mol. The van der Waals surface area contributed by atoms with Crippen molar-refractivity contribution in [2.45, 2.75) is 46.3 Å². The second kappa shape index (κ2) is 11.6. The maximum Gasteiger partial charge on any atom is 0.244 e. The minimum atomic E-state index is -3.85. The Morgan fingerprint density at radius 3 is 2.21 bits per heavy atom. The van der Waals surface area contributed by atoms with E-state index in [4.69, 9.17) is 34.8 Å². The minimum absolute atomic E-state index is 0.0224. The Bertz CT molecular complexity index is 1170. The molecule has 186 valence electrons. The van der Waals surface area contributed by atoms with Gasteiger partial charge >= 0.3 is 0 Å². The molecule has 2 aromatic rings. The Morgan fingerprint density at radius 2 is 1.65 bits per heavy atom. The van der Waals surface area contributed by atoms with Crippen molar-refractivity contribution in [1.82, 2.24) is 10.2 Å². The highest BCUT2D eigenvalue weighted by atomic mass is 35.5. The summed E-state index contributed by atoms with van der Waals surface area (Å²) in [7, 11) is -3.85. The van der Waals surface area contributed by atoms with Gasteiger partial charge in [-0.25, -0.2) is 8.42 Å². The van der Waals surface area contributed by atoms with Crippen molar-refractivity contribution in [2.24, 2.45) is 0 Å². The van der Waals surface area contributed by atoms with E-state index in [1.807, 2.05) is 13.8 Å². The van der Waals surface area contributed by atoms with E-state index in [1.165, 1.54) is 11.0 Å². The second-order valence-corrected chi connectivity index (χ2v) is 11.5. The molecule has 2 aromatic carbocycles. The first-order valence-electron chi connectivity index (χ1n) is 10.5. The van der Waals surface area contributed by atoms with E-state index >= 15 is 0 Å². The molecule has 7 nitrogen and oxygen atoms in total.